The monoisotopic (exact) mass is 314 g/mol. The molecule has 0 bridgehead atoms. The average Bonchev–Trinajstić information content (AvgIpc) is 2.50. The fourth-order valence-corrected chi connectivity index (χ4v) is 2.20. The van der Waals surface area contributed by atoms with Crippen molar-refractivity contribution >= 4 is 34.1 Å². The van der Waals surface area contributed by atoms with Crippen molar-refractivity contribution < 1.29 is 4.74 Å². The Morgan fingerprint density at radius 2 is 1.81 bits per heavy atom. The number of pyridine rings is 1. The van der Waals surface area contributed by atoms with Crippen LogP contribution in [-0.2, 0) is 0 Å². The van der Waals surface area contributed by atoms with E-state index < -0.39 is 0 Å². The normalized spacial score (nSPS) is 10.3. The van der Waals surface area contributed by atoms with Gasteiger partial charge in [0.1, 0.15) is 17.4 Å². The van der Waals surface area contributed by atoms with Crippen LogP contribution >= 0.6 is 23.2 Å². The van der Waals surface area contributed by atoms with E-state index in [-0.39, 0.29) is 5.88 Å². The zero-order valence-corrected chi connectivity index (χ0v) is 12.2. The van der Waals surface area contributed by atoms with E-state index >= 15 is 0 Å². The molecule has 0 spiro atoms. The van der Waals surface area contributed by atoms with Crippen LogP contribution in [0.5, 0.6) is 11.6 Å². The van der Waals surface area contributed by atoms with Gasteiger partial charge in [-0.25, -0.2) is 4.98 Å². The number of nitrogens with zero attached hydrogens (tertiary/aromatic N) is 2. The molecule has 1 heterocycles. The highest BCUT2D eigenvalue weighted by atomic mass is 35.5. The highest BCUT2D eigenvalue weighted by molar-refractivity contribution is 6.42. The molecule has 5 heteroatoms. The summed E-state index contributed by atoms with van der Waals surface area (Å²) >= 11 is 11.8. The smallest absolute Gasteiger partial charge is 0.237 e. The number of fused-ring (bicyclic) bond motifs is 1. The minimum absolute atomic E-state index is 0.245. The summed E-state index contributed by atoms with van der Waals surface area (Å²) in [7, 11) is 0. The largest absolute Gasteiger partial charge is 0.438 e. The van der Waals surface area contributed by atoms with Crippen LogP contribution in [0.1, 0.15) is 5.56 Å². The van der Waals surface area contributed by atoms with Crippen LogP contribution in [0.2, 0.25) is 10.0 Å². The minimum atomic E-state index is 0.245. The predicted molar refractivity (Wildman–Crippen MR) is 83.0 cm³/mol. The maximum Gasteiger partial charge on any atom is 0.237 e. The van der Waals surface area contributed by atoms with Crippen molar-refractivity contribution in [3.8, 4) is 17.7 Å². The van der Waals surface area contributed by atoms with E-state index in [0.29, 0.717) is 21.4 Å². The maximum absolute atomic E-state index is 9.24. The summed E-state index contributed by atoms with van der Waals surface area (Å²) in [6.07, 6.45) is 0. The molecule has 2 aromatic carbocycles. The first-order valence-electron chi connectivity index (χ1n) is 6.10. The van der Waals surface area contributed by atoms with E-state index in [1.807, 2.05) is 24.3 Å². The number of rotatable bonds is 2. The van der Waals surface area contributed by atoms with Gasteiger partial charge in [0.2, 0.25) is 5.88 Å². The van der Waals surface area contributed by atoms with E-state index in [1.54, 1.807) is 24.3 Å². The summed E-state index contributed by atoms with van der Waals surface area (Å²) in [5, 5.41) is 10.9. The van der Waals surface area contributed by atoms with Crippen molar-refractivity contribution in [2.75, 3.05) is 0 Å². The van der Waals surface area contributed by atoms with Crippen molar-refractivity contribution in [3.05, 3.63) is 64.1 Å². The predicted octanol–water partition coefficient (Wildman–Crippen LogP) is 5.21. The first-order chi connectivity index (χ1) is 10.2. The van der Waals surface area contributed by atoms with Gasteiger partial charge < -0.3 is 4.74 Å². The zero-order chi connectivity index (χ0) is 14.8. The molecule has 0 aliphatic heterocycles. The highest BCUT2D eigenvalue weighted by Gasteiger charge is 2.10. The first-order valence-corrected chi connectivity index (χ1v) is 6.86. The SMILES string of the molecule is N#Cc1cc2ccccc2nc1Oc1ccc(Cl)c(Cl)c1. The number of nitriles is 1. The van der Waals surface area contributed by atoms with Gasteiger partial charge in [0, 0.05) is 11.5 Å². The number of hydrogen-bond acceptors (Lipinski definition) is 3. The summed E-state index contributed by atoms with van der Waals surface area (Å²) in [6.45, 7) is 0. The third kappa shape index (κ3) is 2.78. The van der Waals surface area contributed by atoms with Crippen molar-refractivity contribution in [1.82, 2.24) is 4.98 Å². The number of halogens is 2. The molecule has 0 saturated carbocycles. The molecule has 0 radical (unpaired) electrons. The van der Waals surface area contributed by atoms with Crippen LogP contribution in [0.25, 0.3) is 10.9 Å². The fourth-order valence-electron chi connectivity index (χ4n) is 1.91. The first kappa shape index (κ1) is 13.7. The lowest BCUT2D eigenvalue weighted by Gasteiger charge is -2.08. The van der Waals surface area contributed by atoms with E-state index in [4.69, 9.17) is 27.9 Å². The summed E-state index contributed by atoms with van der Waals surface area (Å²) in [5.41, 5.74) is 1.12. The van der Waals surface area contributed by atoms with Crippen LogP contribution < -0.4 is 4.74 Å². The average molecular weight is 315 g/mol. The number of ether oxygens (including phenoxy) is 1. The summed E-state index contributed by atoms with van der Waals surface area (Å²) in [6, 6.07) is 16.2. The van der Waals surface area contributed by atoms with Crippen molar-refractivity contribution in [3.63, 3.8) is 0 Å². The second kappa shape index (κ2) is 5.61. The lowest BCUT2D eigenvalue weighted by atomic mass is 10.1. The van der Waals surface area contributed by atoms with Gasteiger partial charge in [-0.05, 0) is 24.3 Å². The third-order valence-corrected chi connectivity index (χ3v) is 3.65. The van der Waals surface area contributed by atoms with Gasteiger partial charge in [-0.15, -0.1) is 0 Å². The quantitative estimate of drug-likeness (QED) is 0.652. The lowest BCUT2D eigenvalue weighted by Crippen LogP contribution is -1.93. The molecule has 3 nitrogen and oxygen atoms in total. The topological polar surface area (TPSA) is 45.9 Å². The standard InChI is InChI=1S/C16H8Cl2N2O/c17-13-6-5-12(8-14(13)18)21-16-11(9-19)7-10-3-1-2-4-15(10)20-16/h1-8H. The summed E-state index contributed by atoms with van der Waals surface area (Å²) in [5.74, 6) is 0.721. The minimum Gasteiger partial charge on any atom is -0.438 e. The summed E-state index contributed by atoms with van der Waals surface area (Å²) < 4.78 is 5.67. The Kier molecular flexibility index (Phi) is 3.66. The van der Waals surface area contributed by atoms with Crippen LogP contribution in [-0.4, -0.2) is 4.98 Å². The Morgan fingerprint density at radius 3 is 2.57 bits per heavy atom. The van der Waals surface area contributed by atoms with Crippen LogP contribution in [0.4, 0.5) is 0 Å². The Balaban J connectivity index is 2.06. The molecule has 0 aliphatic carbocycles. The van der Waals surface area contributed by atoms with Gasteiger partial charge in [0.25, 0.3) is 0 Å². The molecular weight excluding hydrogens is 307 g/mol. The molecule has 0 amide bonds. The maximum atomic E-state index is 9.24. The van der Waals surface area contributed by atoms with Gasteiger partial charge in [-0.1, -0.05) is 41.4 Å². The summed E-state index contributed by atoms with van der Waals surface area (Å²) in [4.78, 5) is 4.37. The third-order valence-electron chi connectivity index (χ3n) is 2.92. The van der Waals surface area contributed by atoms with Crippen molar-refractivity contribution in [1.29, 1.82) is 5.26 Å². The van der Waals surface area contributed by atoms with Gasteiger partial charge >= 0.3 is 0 Å². The van der Waals surface area contributed by atoms with E-state index in [9.17, 15) is 5.26 Å². The number of aromatic nitrogens is 1. The number of hydrogen-bond donors (Lipinski definition) is 0. The van der Waals surface area contributed by atoms with Crippen molar-refractivity contribution in [2.45, 2.75) is 0 Å². The fraction of sp³-hybridized carbons (Fsp3) is 0. The molecular formula is C16H8Cl2N2O. The molecule has 1 aromatic heterocycles. The van der Waals surface area contributed by atoms with Crippen LogP contribution in [0.3, 0.4) is 0 Å². The molecule has 0 atom stereocenters. The second-order valence-electron chi connectivity index (χ2n) is 4.32. The Bertz CT molecular complexity index is 872. The molecule has 102 valence electrons. The lowest BCUT2D eigenvalue weighted by molar-refractivity contribution is 0.463. The molecule has 3 aromatic rings. The van der Waals surface area contributed by atoms with Gasteiger partial charge in [0.15, 0.2) is 0 Å². The molecule has 0 saturated heterocycles. The van der Waals surface area contributed by atoms with Gasteiger partial charge in [-0.2, -0.15) is 5.26 Å². The van der Waals surface area contributed by atoms with Crippen LogP contribution in [0.15, 0.2) is 48.5 Å². The highest BCUT2D eigenvalue weighted by Crippen LogP contribution is 2.31. The number of para-hydroxylation sites is 1. The van der Waals surface area contributed by atoms with E-state index in [0.717, 1.165) is 10.9 Å². The zero-order valence-electron chi connectivity index (χ0n) is 10.7. The molecule has 0 N–H and O–H groups in total. The molecule has 0 unspecified atom stereocenters. The van der Waals surface area contributed by atoms with E-state index in [2.05, 4.69) is 11.1 Å². The van der Waals surface area contributed by atoms with Gasteiger partial charge in [0.05, 0.1) is 15.6 Å². The second-order valence-corrected chi connectivity index (χ2v) is 5.14. The van der Waals surface area contributed by atoms with Crippen molar-refractivity contribution in [2.24, 2.45) is 0 Å². The molecule has 0 aliphatic rings. The van der Waals surface area contributed by atoms with Crippen LogP contribution in [0, 0.1) is 11.3 Å². The Hall–Kier alpha value is -2.28. The molecule has 3 rings (SSSR count). The van der Waals surface area contributed by atoms with E-state index in [1.165, 1.54) is 0 Å². The Labute approximate surface area is 131 Å². The molecule has 0 fully saturated rings. The van der Waals surface area contributed by atoms with Gasteiger partial charge in [-0.3, -0.25) is 0 Å². The molecule has 21 heavy (non-hydrogen) atoms. The number of benzene rings is 2. The Morgan fingerprint density at radius 1 is 1.00 bits per heavy atom.